The maximum absolute atomic E-state index is 11.9. The summed E-state index contributed by atoms with van der Waals surface area (Å²) in [5.41, 5.74) is -3.64. The number of amides is 1. The van der Waals surface area contributed by atoms with Crippen LogP contribution < -0.4 is 0 Å². The van der Waals surface area contributed by atoms with Crippen LogP contribution in [-0.2, 0) is 4.79 Å². The lowest BCUT2D eigenvalue weighted by molar-refractivity contribution is -0.150. The molecule has 0 radical (unpaired) electrons. The van der Waals surface area contributed by atoms with Gasteiger partial charge in [0.2, 0.25) is 5.91 Å². The second-order valence-electron chi connectivity index (χ2n) is 5.43. The number of hydrogen-bond donors (Lipinski definition) is 0. The lowest BCUT2D eigenvalue weighted by atomic mass is 9.64. The van der Waals surface area contributed by atoms with E-state index in [0.717, 1.165) is 0 Å². The predicted octanol–water partition coefficient (Wildman–Crippen LogP) is 0.787. The third-order valence-corrected chi connectivity index (χ3v) is 4.19. The standard InChI is InChI=1S/C14H16N6O/c1-10-5-12(20(11(2)21)19(3)4)14(8-17,9-18)13(10,6-15)7-16/h10,12H,5H2,1-4H3/t10-,12-/m1/s1. The first kappa shape index (κ1) is 16.4. The van der Waals surface area contributed by atoms with Crippen molar-refractivity contribution in [1.82, 2.24) is 10.0 Å². The number of carbonyl (C=O) groups excluding carboxylic acids is 1. The van der Waals surface area contributed by atoms with Crippen LogP contribution in [0, 0.1) is 62.1 Å². The summed E-state index contributed by atoms with van der Waals surface area (Å²) in [6, 6.07) is 6.63. The minimum Gasteiger partial charge on any atom is -0.274 e. The summed E-state index contributed by atoms with van der Waals surface area (Å²) < 4.78 is 0. The van der Waals surface area contributed by atoms with Crippen LogP contribution in [0.25, 0.3) is 0 Å². The Morgan fingerprint density at radius 1 is 1.05 bits per heavy atom. The van der Waals surface area contributed by atoms with Crippen LogP contribution in [0.15, 0.2) is 0 Å². The quantitative estimate of drug-likeness (QED) is 0.691. The van der Waals surface area contributed by atoms with Gasteiger partial charge in [0.05, 0.1) is 30.3 Å². The summed E-state index contributed by atoms with van der Waals surface area (Å²) >= 11 is 0. The predicted molar refractivity (Wildman–Crippen MR) is 71.1 cm³/mol. The molecule has 0 N–H and O–H groups in total. The molecule has 0 aromatic rings. The lowest BCUT2D eigenvalue weighted by Gasteiger charge is -2.39. The van der Waals surface area contributed by atoms with E-state index in [4.69, 9.17) is 0 Å². The smallest absolute Gasteiger partial charge is 0.234 e. The van der Waals surface area contributed by atoms with Crippen LogP contribution >= 0.6 is 0 Å². The highest BCUT2D eigenvalue weighted by Gasteiger charge is 2.69. The molecule has 1 aliphatic carbocycles. The van der Waals surface area contributed by atoms with Gasteiger partial charge in [0, 0.05) is 21.0 Å². The van der Waals surface area contributed by atoms with E-state index in [2.05, 4.69) is 0 Å². The normalized spacial score (nSPS) is 25.2. The SMILES string of the molecule is CC(=O)N([C@@H]1C[C@@H](C)C(C#N)(C#N)C1(C#N)C#N)N(C)C. The van der Waals surface area contributed by atoms with Gasteiger partial charge in [-0.3, -0.25) is 9.80 Å². The van der Waals surface area contributed by atoms with Crippen molar-refractivity contribution in [2.24, 2.45) is 16.7 Å². The number of nitriles is 4. The van der Waals surface area contributed by atoms with Crippen LogP contribution in [0.4, 0.5) is 0 Å². The Balaban J connectivity index is 3.63. The van der Waals surface area contributed by atoms with E-state index in [1.165, 1.54) is 16.9 Å². The van der Waals surface area contributed by atoms with Gasteiger partial charge in [0.1, 0.15) is 0 Å². The second-order valence-corrected chi connectivity index (χ2v) is 5.43. The van der Waals surface area contributed by atoms with Gasteiger partial charge in [-0.1, -0.05) is 6.92 Å². The number of hydrogen-bond acceptors (Lipinski definition) is 6. The Labute approximate surface area is 124 Å². The molecular formula is C14H16N6O. The summed E-state index contributed by atoms with van der Waals surface area (Å²) in [5, 5.41) is 40.9. The van der Waals surface area contributed by atoms with Crippen LogP contribution in [-0.4, -0.2) is 36.1 Å². The molecule has 7 nitrogen and oxygen atoms in total. The zero-order chi connectivity index (χ0) is 16.4. The highest BCUT2D eigenvalue weighted by atomic mass is 16.2. The van der Waals surface area contributed by atoms with Crippen molar-refractivity contribution >= 4 is 5.91 Å². The monoisotopic (exact) mass is 284 g/mol. The van der Waals surface area contributed by atoms with Crippen LogP contribution in [0.1, 0.15) is 20.3 Å². The average molecular weight is 284 g/mol. The fourth-order valence-electron chi connectivity index (χ4n) is 3.18. The van der Waals surface area contributed by atoms with Gasteiger partial charge in [0.15, 0.2) is 10.8 Å². The first-order chi connectivity index (χ1) is 9.77. The molecule has 2 atom stereocenters. The zero-order valence-electron chi connectivity index (χ0n) is 12.5. The third kappa shape index (κ3) is 1.91. The van der Waals surface area contributed by atoms with Gasteiger partial charge in [0.25, 0.3) is 0 Å². The molecule has 0 unspecified atom stereocenters. The second kappa shape index (κ2) is 5.41. The molecule has 1 saturated carbocycles. The summed E-state index contributed by atoms with van der Waals surface area (Å²) in [6.07, 6.45) is 0.236. The third-order valence-electron chi connectivity index (χ3n) is 4.19. The van der Waals surface area contributed by atoms with Crippen molar-refractivity contribution < 1.29 is 4.79 Å². The number of carbonyl (C=O) groups is 1. The maximum Gasteiger partial charge on any atom is 0.234 e. The van der Waals surface area contributed by atoms with Crippen molar-refractivity contribution in [3.8, 4) is 24.3 Å². The molecule has 7 heteroatoms. The van der Waals surface area contributed by atoms with E-state index < -0.39 is 22.8 Å². The zero-order valence-corrected chi connectivity index (χ0v) is 12.5. The molecule has 0 aromatic heterocycles. The molecule has 0 aliphatic heterocycles. The van der Waals surface area contributed by atoms with E-state index >= 15 is 0 Å². The molecular weight excluding hydrogens is 268 g/mol. The molecule has 0 spiro atoms. The van der Waals surface area contributed by atoms with Crippen LogP contribution in [0.3, 0.4) is 0 Å². The fourth-order valence-corrected chi connectivity index (χ4v) is 3.18. The molecule has 0 aromatic carbocycles. The Bertz CT molecular complexity index is 583. The minimum atomic E-state index is -1.88. The summed E-state index contributed by atoms with van der Waals surface area (Å²) in [5.74, 6) is -0.850. The van der Waals surface area contributed by atoms with E-state index in [1.54, 1.807) is 21.0 Å². The van der Waals surface area contributed by atoms with E-state index in [9.17, 15) is 25.8 Å². The summed E-state index contributed by atoms with van der Waals surface area (Å²) in [4.78, 5) is 11.9. The van der Waals surface area contributed by atoms with E-state index in [1.807, 2.05) is 24.3 Å². The molecule has 1 rings (SSSR count). The number of hydrazine groups is 1. The number of nitrogens with zero attached hydrogens (tertiary/aromatic N) is 6. The Hall–Kier alpha value is -2.61. The summed E-state index contributed by atoms with van der Waals surface area (Å²) in [6.45, 7) is 2.98. The highest BCUT2D eigenvalue weighted by Crippen LogP contribution is 2.57. The van der Waals surface area contributed by atoms with Gasteiger partial charge in [-0.05, 0) is 12.3 Å². The van der Waals surface area contributed by atoms with Crippen LogP contribution in [0.5, 0.6) is 0 Å². The van der Waals surface area contributed by atoms with Gasteiger partial charge < -0.3 is 0 Å². The van der Waals surface area contributed by atoms with Crippen molar-refractivity contribution in [2.45, 2.75) is 26.3 Å². The maximum atomic E-state index is 11.9. The largest absolute Gasteiger partial charge is 0.274 e. The molecule has 1 amide bonds. The van der Waals surface area contributed by atoms with Gasteiger partial charge in [-0.25, -0.2) is 5.01 Å². The first-order valence-electron chi connectivity index (χ1n) is 6.40. The number of rotatable bonds is 2. The van der Waals surface area contributed by atoms with Gasteiger partial charge >= 0.3 is 0 Å². The fraction of sp³-hybridized carbons (Fsp3) is 0.643. The minimum absolute atomic E-state index is 0.236. The molecule has 1 aliphatic rings. The molecule has 0 heterocycles. The van der Waals surface area contributed by atoms with Crippen molar-refractivity contribution in [1.29, 1.82) is 21.0 Å². The topological polar surface area (TPSA) is 119 Å². The van der Waals surface area contributed by atoms with Gasteiger partial charge in [-0.15, -0.1) is 0 Å². The summed E-state index contributed by atoms with van der Waals surface area (Å²) in [7, 11) is 3.23. The van der Waals surface area contributed by atoms with Gasteiger partial charge in [-0.2, -0.15) is 21.0 Å². The molecule has 1 fully saturated rings. The van der Waals surface area contributed by atoms with Crippen molar-refractivity contribution in [3.63, 3.8) is 0 Å². The first-order valence-corrected chi connectivity index (χ1v) is 6.40. The lowest BCUT2D eigenvalue weighted by Crippen LogP contribution is -2.55. The van der Waals surface area contributed by atoms with Crippen molar-refractivity contribution in [2.75, 3.05) is 14.1 Å². The molecule has 108 valence electrons. The average Bonchev–Trinajstić information content (AvgIpc) is 2.67. The van der Waals surface area contributed by atoms with Crippen molar-refractivity contribution in [3.05, 3.63) is 0 Å². The van der Waals surface area contributed by atoms with E-state index in [0.29, 0.717) is 0 Å². The Kier molecular flexibility index (Phi) is 4.24. The molecule has 0 bridgehead atoms. The highest BCUT2D eigenvalue weighted by molar-refractivity contribution is 5.73. The Morgan fingerprint density at radius 2 is 1.48 bits per heavy atom. The molecule has 21 heavy (non-hydrogen) atoms. The van der Waals surface area contributed by atoms with E-state index in [-0.39, 0.29) is 12.3 Å². The molecule has 0 saturated heterocycles. The Morgan fingerprint density at radius 3 is 1.76 bits per heavy atom. The van der Waals surface area contributed by atoms with Crippen LogP contribution in [0.2, 0.25) is 0 Å².